The zero-order valence-corrected chi connectivity index (χ0v) is 12.7. The molecule has 0 saturated heterocycles. The molecule has 2 aromatic rings. The first-order valence-electron chi connectivity index (χ1n) is 7.85. The summed E-state index contributed by atoms with van der Waals surface area (Å²) in [6, 6.07) is 18.3. The number of allylic oxidation sites excluding steroid dienone is 1. The van der Waals surface area contributed by atoms with Crippen LogP contribution in [0.4, 0.5) is 0 Å². The third kappa shape index (κ3) is 4.10. The third-order valence-corrected chi connectivity index (χ3v) is 3.80. The van der Waals surface area contributed by atoms with Crippen LogP contribution in [0.5, 0.6) is 0 Å². The van der Waals surface area contributed by atoms with Crippen molar-refractivity contribution >= 4 is 0 Å². The second-order valence-electron chi connectivity index (χ2n) is 5.48. The Morgan fingerprint density at radius 3 is 2.59 bits per heavy atom. The minimum absolute atomic E-state index is 0.254. The van der Waals surface area contributed by atoms with Gasteiger partial charge < -0.3 is 4.74 Å². The molecule has 0 aliphatic heterocycles. The van der Waals surface area contributed by atoms with Gasteiger partial charge in [-0.1, -0.05) is 60.4 Å². The molecule has 1 unspecified atom stereocenters. The largest absolute Gasteiger partial charge is 0.369 e. The molecule has 0 fully saturated rings. The van der Waals surface area contributed by atoms with Crippen molar-refractivity contribution in [3.8, 4) is 11.8 Å². The standard InChI is InChI=1S/C21H20O/c1-3-9-18(10-4-1)15-16-19-11-7-8-12-20(19)17-22-21-13-5-2-6-14-21/h1,3-5,7-13,21H,2,6,14,17H2. The minimum atomic E-state index is 0.254. The van der Waals surface area contributed by atoms with Crippen LogP contribution < -0.4 is 0 Å². The second-order valence-corrected chi connectivity index (χ2v) is 5.48. The van der Waals surface area contributed by atoms with Gasteiger partial charge in [0.15, 0.2) is 0 Å². The lowest BCUT2D eigenvalue weighted by atomic mass is 10.0. The zero-order valence-electron chi connectivity index (χ0n) is 12.7. The van der Waals surface area contributed by atoms with Crippen molar-refractivity contribution < 1.29 is 4.74 Å². The van der Waals surface area contributed by atoms with Crippen LogP contribution >= 0.6 is 0 Å². The van der Waals surface area contributed by atoms with Gasteiger partial charge in [-0.2, -0.15) is 0 Å². The zero-order chi connectivity index (χ0) is 15.0. The number of rotatable bonds is 3. The molecule has 0 spiro atoms. The lowest BCUT2D eigenvalue weighted by molar-refractivity contribution is 0.0624. The van der Waals surface area contributed by atoms with Crippen LogP contribution in [0.3, 0.4) is 0 Å². The Morgan fingerprint density at radius 1 is 0.955 bits per heavy atom. The monoisotopic (exact) mass is 288 g/mol. The number of hydrogen-bond donors (Lipinski definition) is 0. The van der Waals surface area contributed by atoms with Crippen molar-refractivity contribution in [1.82, 2.24) is 0 Å². The van der Waals surface area contributed by atoms with Gasteiger partial charge in [0.2, 0.25) is 0 Å². The van der Waals surface area contributed by atoms with E-state index >= 15 is 0 Å². The van der Waals surface area contributed by atoms with Gasteiger partial charge in [-0.3, -0.25) is 0 Å². The van der Waals surface area contributed by atoms with E-state index in [1.165, 1.54) is 12.8 Å². The van der Waals surface area contributed by atoms with Crippen molar-refractivity contribution in [2.75, 3.05) is 0 Å². The Bertz CT molecular complexity index is 689. The molecule has 110 valence electrons. The van der Waals surface area contributed by atoms with Crippen LogP contribution in [0.1, 0.15) is 36.0 Å². The van der Waals surface area contributed by atoms with Crippen molar-refractivity contribution in [1.29, 1.82) is 0 Å². The van der Waals surface area contributed by atoms with E-state index in [9.17, 15) is 0 Å². The average Bonchev–Trinajstić information content (AvgIpc) is 2.61. The normalized spacial score (nSPS) is 16.8. The fraction of sp³-hybridized carbons (Fsp3) is 0.238. The van der Waals surface area contributed by atoms with Crippen LogP contribution in [0.15, 0.2) is 66.7 Å². The van der Waals surface area contributed by atoms with Gasteiger partial charge in [0.25, 0.3) is 0 Å². The highest BCUT2D eigenvalue weighted by Crippen LogP contribution is 2.17. The Kier molecular flexibility index (Phi) is 5.08. The van der Waals surface area contributed by atoms with E-state index in [0.29, 0.717) is 6.61 Å². The molecule has 1 nitrogen and oxygen atoms in total. The quantitative estimate of drug-likeness (QED) is 0.587. The number of benzene rings is 2. The van der Waals surface area contributed by atoms with Crippen molar-refractivity contribution in [2.24, 2.45) is 0 Å². The van der Waals surface area contributed by atoms with Crippen molar-refractivity contribution in [2.45, 2.75) is 32.0 Å². The van der Waals surface area contributed by atoms with Gasteiger partial charge in [-0.15, -0.1) is 0 Å². The highest BCUT2D eigenvalue weighted by molar-refractivity contribution is 5.46. The fourth-order valence-electron chi connectivity index (χ4n) is 2.55. The van der Waals surface area contributed by atoms with E-state index in [0.717, 1.165) is 23.1 Å². The summed E-state index contributed by atoms with van der Waals surface area (Å²) < 4.78 is 6.01. The van der Waals surface area contributed by atoms with Gasteiger partial charge >= 0.3 is 0 Å². The molecule has 1 atom stereocenters. The summed E-state index contributed by atoms with van der Waals surface area (Å²) in [4.78, 5) is 0. The van der Waals surface area contributed by atoms with Crippen LogP contribution in [-0.2, 0) is 11.3 Å². The topological polar surface area (TPSA) is 9.23 Å². The summed E-state index contributed by atoms with van der Waals surface area (Å²) in [6.07, 6.45) is 8.17. The Hall–Kier alpha value is -2.30. The van der Waals surface area contributed by atoms with Crippen molar-refractivity contribution in [3.05, 3.63) is 83.4 Å². The molecule has 0 amide bonds. The maximum Gasteiger partial charge on any atom is 0.0760 e. The SMILES string of the molecule is C(#Cc1ccccc1COC1C=CCCC1)c1ccccc1. The third-order valence-electron chi connectivity index (χ3n) is 3.80. The highest BCUT2D eigenvalue weighted by Gasteiger charge is 2.09. The van der Waals surface area contributed by atoms with E-state index in [4.69, 9.17) is 4.74 Å². The molecule has 1 heteroatoms. The van der Waals surface area contributed by atoms with Gasteiger partial charge in [-0.05, 0) is 43.0 Å². The molecule has 1 aliphatic rings. The van der Waals surface area contributed by atoms with Crippen molar-refractivity contribution in [3.63, 3.8) is 0 Å². The molecule has 3 rings (SSSR count). The number of ether oxygens (including phenoxy) is 1. The maximum atomic E-state index is 6.01. The first-order valence-corrected chi connectivity index (χ1v) is 7.85. The van der Waals surface area contributed by atoms with E-state index in [-0.39, 0.29) is 6.10 Å². The Labute approximate surface area is 132 Å². The Morgan fingerprint density at radius 2 is 1.77 bits per heavy atom. The molecule has 0 bridgehead atoms. The summed E-state index contributed by atoms with van der Waals surface area (Å²) in [5, 5.41) is 0. The van der Waals surface area contributed by atoms with E-state index < -0.39 is 0 Å². The molecular weight excluding hydrogens is 268 g/mol. The first kappa shape index (κ1) is 14.6. The smallest absolute Gasteiger partial charge is 0.0760 e. The average molecular weight is 288 g/mol. The summed E-state index contributed by atoms with van der Waals surface area (Å²) >= 11 is 0. The van der Waals surface area contributed by atoms with Crippen LogP contribution in [0.2, 0.25) is 0 Å². The second kappa shape index (κ2) is 7.64. The molecule has 2 aromatic carbocycles. The molecule has 0 radical (unpaired) electrons. The lowest BCUT2D eigenvalue weighted by Gasteiger charge is -2.17. The lowest BCUT2D eigenvalue weighted by Crippen LogP contribution is -2.12. The molecule has 0 N–H and O–H groups in total. The first-order chi connectivity index (χ1) is 10.9. The van der Waals surface area contributed by atoms with Crippen LogP contribution in [0.25, 0.3) is 0 Å². The van der Waals surface area contributed by atoms with Gasteiger partial charge in [-0.25, -0.2) is 0 Å². The molecule has 0 heterocycles. The highest BCUT2D eigenvalue weighted by atomic mass is 16.5. The maximum absolute atomic E-state index is 6.01. The molecule has 0 aromatic heterocycles. The van der Waals surface area contributed by atoms with Crippen LogP contribution in [0, 0.1) is 11.8 Å². The fourth-order valence-corrected chi connectivity index (χ4v) is 2.55. The predicted molar refractivity (Wildman–Crippen MR) is 90.4 cm³/mol. The number of hydrogen-bond acceptors (Lipinski definition) is 1. The summed E-state index contributed by atoms with van der Waals surface area (Å²) in [7, 11) is 0. The van der Waals surface area contributed by atoms with E-state index in [1.807, 2.05) is 42.5 Å². The summed E-state index contributed by atoms with van der Waals surface area (Å²) in [5.41, 5.74) is 3.24. The van der Waals surface area contributed by atoms with Gasteiger partial charge in [0, 0.05) is 11.1 Å². The predicted octanol–water partition coefficient (Wildman–Crippen LogP) is 4.71. The summed E-state index contributed by atoms with van der Waals surface area (Å²) in [5.74, 6) is 6.49. The molecule has 1 aliphatic carbocycles. The van der Waals surface area contributed by atoms with Crippen LogP contribution in [-0.4, -0.2) is 6.10 Å². The van der Waals surface area contributed by atoms with E-state index in [2.05, 4.69) is 36.1 Å². The van der Waals surface area contributed by atoms with E-state index in [1.54, 1.807) is 0 Å². The minimum Gasteiger partial charge on any atom is -0.369 e. The summed E-state index contributed by atoms with van der Waals surface area (Å²) in [6.45, 7) is 0.620. The Balaban J connectivity index is 1.71. The van der Waals surface area contributed by atoms with Gasteiger partial charge in [0.1, 0.15) is 0 Å². The molecular formula is C21H20O. The molecule has 0 saturated carbocycles. The van der Waals surface area contributed by atoms with Gasteiger partial charge in [0.05, 0.1) is 12.7 Å². The molecule has 22 heavy (non-hydrogen) atoms.